The van der Waals surface area contributed by atoms with Crippen molar-refractivity contribution in [3.8, 4) is 0 Å². The lowest BCUT2D eigenvalue weighted by molar-refractivity contribution is -0.121. The van der Waals surface area contributed by atoms with E-state index < -0.39 is 0 Å². The first-order valence-electron chi connectivity index (χ1n) is 8.83. The number of nitrogens with one attached hydrogen (secondary N) is 2. The van der Waals surface area contributed by atoms with Crippen LogP contribution in [0.4, 0.5) is 0 Å². The van der Waals surface area contributed by atoms with Crippen molar-refractivity contribution in [2.75, 3.05) is 0 Å². The second kappa shape index (κ2) is 7.38. The van der Waals surface area contributed by atoms with E-state index in [1.165, 1.54) is 32.3 Å². The third-order valence-electron chi connectivity index (χ3n) is 4.80. The topological polar surface area (TPSA) is 41.1 Å². The average Bonchev–Trinajstić information content (AvgIpc) is 3.26. The van der Waals surface area contributed by atoms with E-state index in [0.717, 1.165) is 25.9 Å². The zero-order chi connectivity index (χ0) is 17.1. The van der Waals surface area contributed by atoms with E-state index in [0.29, 0.717) is 13.0 Å². The summed E-state index contributed by atoms with van der Waals surface area (Å²) in [6.45, 7) is 2.51. The molecule has 2 N–H and O–H groups in total. The number of amides is 1. The van der Waals surface area contributed by atoms with Crippen LogP contribution in [0.2, 0.25) is 0 Å². The number of hydrogen-bond acceptors (Lipinski definition) is 3. The highest BCUT2D eigenvalue weighted by Crippen LogP contribution is 2.26. The zero-order valence-corrected chi connectivity index (χ0v) is 15.0. The number of benzene rings is 2. The molecule has 25 heavy (non-hydrogen) atoms. The Bertz CT molecular complexity index is 900. The van der Waals surface area contributed by atoms with Crippen molar-refractivity contribution in [3.63, 3.8) is 0 Å². The molecule has 0 spiro atoms. The molecule has 2 aromatic carbocycles. The SMILES string of the molecule is O=C(CCCc1csc2ccccc12)NCc1ccc2c(c1)CNC2. The summed E-state index contributed by atoms with van der Waals surface area (Å²) >= 11 is 1.78. The van der Waals surface area contributed by atoms with Crippen molar-refractivity contribution in [1.82, 2.24) is 10.6 Å². The van der Waals surface area contributed by atoms with Crippen molar-refractivity contribution in [3.05, 3.63) is 70.1 Å². The van der Waals surface area contributed by atoms with Crippen molar-refractivity contribution >= 4 is 27.3 Å². The molecule has 1 aliphatic rings. The van der Waals surface area contributed by atoms with Crippen LogP contribution in [-0.2, 0) is 30.8 Å². The molecular formula is C21H22N2OS. The molecule has 0 unspecified atom stereocenters. The first-order chi connectivity index (χ1) is 12.3. The minimum atomic E-state index is 0.137. The molecular weight excluding hydrogens is 328 g/mol. The van der Waals surface area contributed by atoms with E-state index in [1.54, 1.807) is 11.3 Å². The highest BCUT2D eigenvalue weighted by Gasteiger charge is 2.10. The molecule has 0 bridgehead atoms. The van der Waals surface area contributed by atoms with Gasteiger partial charge < -0.3 is 10.6 Å². The molecule has 4 heteroatoms. The molecule has 1 aliphatic heterocycles. The Morgan fingerprint density at radius 1 is 1.12 bits per heavy atom. The summed E-state index contributed by atoms with van der Waals surface area (Å²) in [5, 5.41) is 9.95. The standard InChI is InChI=1S/C21H22N2OS/c24-21(23-11-15-8-9-16-12-22-13-18(16)10-15)7-3-4-17-14-25-20-6-2-1-5-19(17)20/h1-2,5-6,8-10,14,22H,3-4,7,11-13H2,(H,23,24). The number of rotatable bonds is 6. The maximum absolute atomic E-state index is 12.1. The van der Waals surface area contributed by atoms with Crippen LogP contribution >= 0.6 is 11.3 Å². The van der Waals surface area contributed by atoms with E-state index >= 15 is 0 Å². The first-order valence-corrected chi connectivity index (χ1v) is 9.71. The van der Waals surface area contributed by atoms with Gasteiger partial charge in [-0.1, -0.05) is 36.4 Å². The summed E-state index contributed by atoms with van der Waals surface area (Å²) in [5.41, 5.74) is 5.27. The van der Waals surface area contributed by atoms with Gasteiger partial charge in [-0.2, -0.15) is 0 Å². The van der Waals surface area contributed by atoms with Gasteiger partial charge in [-0.05, 0) is 51.9 Å². The Labute approximate surface area is 152 Å². The summed E-state index contributed by atoms with van der Waals surface area (Å²) < 4.78 is 1.33. The van der Waals surface area contributed by atoms with Crippen LogP contribution < -0.4 is 10.6 Å². The molecule has 0 fully saturated rings. The summed E-state index contributed by atoms with van der Waals surface area (Å²) in [6, 6.07) is 15.0. The normalized spacial score (nSPS) is 13.1. The molecule has 0 radical (unpaired) electrons. The van der Waals surface area contributed by atoms with E-state index in [-0.39, 0.29) is 5.91 Å². The fourth-order valence-corrected chi connectivity index (χ4v) is 4.41. The Kier molecular flexibility index (Phi) is 4.81. The fourth-order valence-electron chi connectivity index (χ4n) is 3.41. The number of fused-ring (bicyclic) bond motifs is 2. The molecule has 3 aromatic rings. The molecule has 0 saturated heterocycles. The van der Waals surface area contributed by atoms with Gasteiger partial charge in [0.25, 0.3) is 0 Å². The molecule has 0 aliphatic carbocycles. The largest absolute Gasteiger partial charge is 0.352 e. The third-order valence-corrected chi connectivity index (χ3v) is 5.81. The summed E-state index contributed by atoms with van der Waals surface area (Å²) in [7, 11) is 0. The van der Waals surface area contributed by atoms with Crippen molar-refractivity contribution in [2.45, 2.75) is 38.9 Å². The Morgan fingerprint density at radius 2 is 2.00 bits per heavy atom. The van der Waals surface area contributed by atoms with E-state index in [4.69, 9.17) is 0 Å². The van der Waals surface area contributed by atoms with E-state index in [1.807, 2.05) is 0 Å². The zero-order valence-electron chi connectivity index (χ0n) is 14.2. The predicted molar refractivity (Wildman–Crippen MR) is 104 cm³/mol. The van der Waals surface area contributed by atoms with Gasteiger partial charge >= 0.3 is 0 Å². The molecule has 2 heterocycles. The van der Waals surface area contributed by atoms with Gasteiger partial charge in [0.15, 0.2) is 0 Å². The van der Waals surface area contributed by atoms with Crippen LogP contribution in [0.3, 0.4) is 0 Å². The maximum atomic E-state index is 12.1. The molecule has 1 aromatic heterocycles. The van der Waals surface area contributed by atoms with Crippen LogP contribution in [-0.4, -0.2) is 5.91 Å². The van der Waals surface area contributed by atoms with Crippen molar-refractivity contribution in [1.29, 1.82) is 0 Å². The van der Waals surface area contributed by atoms with E-state index in [2.05, 4.69) is 58.5 Å². The Morgan fingerprint density at radius 3 is 2.96 bits per heavy atom. The number of carbonyl (C=O) groups excluding carboxylic acids is 1. The third kappa shape index (κ3) is 3.75. The fraction of sp³-hybridized carbons (Fsp3) is 0.286. The second-order valence-electron chi connectivity index (χ2n) is 6.59. The first kappa shape index (κ1) is 16.3. The van der Waals surface area contributed by atoms with Gasteiger partial charge in [0.2, 0.25) is 5.91 Å². The maximum Gasteiger partial charge on any atom is 0.220 e. The molecule has 0 saturated carbocycles. The van der Waals surface area contributed by atoms with E-state index in [9.17, 15) is 4.79 Å². The molecule has 128 valence electrons. The lowest BCUT2D eigenvalue weighted by Crippen LogP contribution is -2.22. The number of hydrogen-bond donors (Lipinski definition) is 2. The highest BCUT2D eigenvalue weighted by molar-refractivity contribution is 7.17. The molecule has 3 nitrogen and oxygen atoms in total. The highest BCUT2D eigenvalue weighted by atomic mass is 32.1. The minimum Gasteiger partial charge on any atom is -0.352 e. The Balaban J connectivity index is 1.25. The summed E-state index contributed by atoms with van der Waals surface area (Å²) in [6.07, 6.45) is 2.43. The van der Waals surface area contributed by atoms with Crippen LogP contribution in [0.1, 0.15) is 35.1 Å². The van der Waals surface area contributed by atoms with Crippen LogP contribution in [0.5, 0.6) is 0 Å². The lowest BCUT2D eigenvalue weighted by Gasteiger charge is -2.07. The summed E-state index contributed by atoms with van der Waals surface area (Å²) in [5.74, 6) is 0.137. The van der Waals surface area contributed by atoms with Gasteiger partial charge in [-0.15, -0.1) is 11.3 Å². The molecule has 0 atom stereocenters. The monoisotopic (exact) mass is 350 g/mol. The molecule has 1 amide bonds. The van der Waals surface area contributed by atoms with Gasteiger partial charge in [-0.25, -0.2) is 0 Å². The minimum absolute atomic E-state index is 0.137. The van der Waals surface area contributed by atoms with Gasteiger partial charge in [0.05, 0.1) is 0 Å². The lowest BCUT2D eigenvalue weighted by atomic mass is 10.1. The predicted octanol–water partition coefficient (Wildman–Crippen LogP) is 4.14. The smallest absolute Gasteiger partial charge is 0.220 e. The number of carbonyl (C=O) groups is 1. The quantitative estimate of drug-likeness (QED) is 0.701. The van der Waals surface area contributed by atoms with Crippen LogP contribution in [0, 0.1) is 0 Å². The van der Waals surface area contributed by atoms with Crippen molar-refractivity contribution in [2.24, 2.45) is 0 Å². The van der Waals surface area contributed by atoms with Gasteiger partial charge in [0, 0.05) is 30.8 Å². The summed E-state index contributed by atoms with van der Waals surface area (Å²) in [4.78, 5) is 12.1. The van der Waals surface area contributed by atoms with Gasteiger partial charge in [0.1, 0.15) is 0 Å². The average molecular weight is 350 g/mol. The van der Waals surface area contributed by atoms with Crippen molar-refractivity contribution < 1.29 is 4.79 Å². The number of thiophene rings is 1. The van der Waals surface area contributed by atoms with Gasteiger partial charge in [-0.3, -0.25) is 4.79 Å². The van der Waals surface area contributed by atoms with Crippen LogP contribution in [0.15, 0.2) is 47.8 Å². The second-order valence-corrected chi connectivity index (χ2v) is 7.51. The Hall–Kier alpha value is -2.17. The number of aryl methyl sites for hydroxylation is 1. The van der Waals surface area contributed by atoms with Crippen LogP contribution in [0.25, 0.3) is 10.1 Å². The molecule has 4 rings (SSSR count).